The Bertz CT molecular complexity index is 1010. The van der Waals surface area contributed by atoms with E-state index in [1.54, 1.807) is 12.3 Å². The van der Waals surface area contributed by atoms with E-state index in [9.17, 15) is 9.90 Å². The van der Waals surface area contributed by atoms with Gasteiger partial charge in [-0.1, -0.05) is 53.7 Å². The Balaban J connectivity index is 1.68. The summed E-state index contributed by atoms with van der Waals surface area (Å²) in [5.41, 5.74) is 5.77. The molecule has 0 atom stereocenters. The van der Waals surface area contributed by atoms with Gasteiger partial charge in [-0.3, -0.25) is 4.79 Å². The van der Waals surface area contributed by atoms with Crippen molar-refractivity contribution in [2.45, 2.75) is 65.2 Å². The van der Waals surface area contributed by atoms with Crippen LogP contribution in [0.3, 0.4) is 0 Å². The molecule has 2 N–H and O–H groups in total. The zero-order valence-electron chi connectivity index (χ0n) is 19.5. The fraction of sp³-hybridized carbons (Fsp3) is 0.440. The molecule has 2 aromatic carbocycles. The molecule has 7 heteroatoms. The molecule has 172 valence electrons. The maximum atomic E-state index is 12.4. The van der Waals surface area contributed by atoms with Crippen molar-refractivity contribution in [2.75, 3.05) is 6.79 Å². The van der Waals surface area contributed by atoms with E-state index >= 15 is 0 Å². The summed E-state index contributed by atoms with van der Waals surface area (Å²) in [7, 11) is 0. The highest BCUT2D eigenvalue weighted by Gasteiger charge is 2.26. The van der Waals surface area contributed by atoms with Gasteiger partial charge in [-0.15, -0.1) is 0 Å². The fourth-order valence-electron chi connectivity index (χ4n) is 3.50. The van der Waals surface area contributed by atoms with Crippen LogP contribution in [0.4, 0.5) is 0 Å². The summed E-state index contributed by atoms with van der Waals surface area (Å²) in [5, 5.41) is 14.9. The molecule has 6 nitrogen and oxygen atoms in total. The van der Waals surface area contributed by atoms with Crippen LogP contribution in [-0.4, -0.2) is 24.0 Å². The lowest BCUT2D eigenvalue weighted by atomic mass is 9.78. The van der Waals surface area contributed by atoms with Gasteiger partial charge in [0.15, 0.2) is 11.5 Å². The molecule has 0 unspecified atom stereocenters. The van der Waals surface area contributed by atoms with Crippen LogP contribution in [-0.2, 0) is 22.0 Å². The number of ether oxygens (including phenoxy) is 2. The predicted molar refractivity (Wildman–Crippen MR) is 130 cm³/mol. The summed E-state index contributed by atoms with van der Waals surface area (Å²) in [6, 6.07) is 7.63. The summed E-state index contributed by atoms with van der Waals surface area (Å²) in [6.07, 6.45) is 2.42. The van der Waals surface area contributed by atoms with E-state index in [4.69, 9.17) is 9.47 Å². The third-order valence-electron chi connectivity index (χ3n) is 5.31. The van der Waals surface area contributed by atoms with E-state index in [0.29, 0.717) is 23.7 Å². The standard InChI is InChI=1S/C25H31BrN2O4/c1-24(2,3)17-9-15(10-18(23(17)30)25(4,5)6)7-8-22(29)28-27-13-16-11-20-21(12-19(16)26)32-14-31-20/h9-13,30H,7-8,14H2,1-6H3,(H,28,29)/b27-13-. The van der Waals surface area contributed by atoms with Crippen molar-refractivity contribution in [2.24, 2.45) is 5.10 Å². The molecule has 0 bridgehead atoms. The smallest absolute Gasteiger partial charge is 0.240 e. The van der Waals surface area contributed by atoms with Crippen molar-refractivity contribution < 1.29 is 19.4 Å². The van der Waals surface area contributed by atoms with Crippen LogP contribution in [0, 0.1) is 0 Å². The van der Waals surface area contributed by atoms with E-state index in [-0.39, 0.29) is 30.0 Å². The molecule has 0 spiro atoms. The number of hydrogen-bond donors (Lipinski definition) is 2. The van der Waals surface area contributed by atoms with Crippen LogP contribution in [0.25, 0.3) is 0 Å². The topological polar surface area (TPSA) is 80.2 Å². The second-order valence-corrected chi connectivity index (χ2v) is 10.9. The number of rotatable bonds is 5. The zero-order valence-corrected chi connectivity index (χ0v) is 21.1. The number of aromatic hydroxyl groups is 1. The maximum Gasteiger partial charge on any atom is 0.240 e. The lowest BCUT2D eigenvalue weighted by Crippen LogP contribution is -2.20. The Morgan fingerprint density at radius 2 is 1.62 bits per heavy atom. The van der Waals surface area contributed by atoms with Gasteiger partial charge in [-0.05, 0) is 62.0 Å². The molecule has 1 heterocycles. The third-order valence-corrected chi connectivity index (χ3v) is 6.00. The van der Waals surface area contributed by atoms with Crippen molar-refractivity contribution in [3.8, 4) is 17.2 Å². The van der Waals surface area contributed by atoms with E-state index in [1.165, 1.54) is 0 Å². The van der Waals surface area contributed by atoms with Gasteiger partial charge in [-0.2, -0.15) is 5.10 Å². The number of fused-ring (bicyclic) bond motifs is 1. The van der Waals surface area contributed by atoms with Crippen molar-refractivity contribution in [1.82, 2.24) is 5.43 Å². The van der Waals surface area contributed by atoms with E-state index in [1.807, 2.05) is 18.2 Å². The minimum atomic E-state index is -0.204. The fourth-order valence-corrected chi connectivity index (χ4v) is 3.93. The number of aryl methyl sites for hydroxylation is 1. The first-order valence-corrected chi connectivity index (χ1v) is 11.4. The monoisotopic (exact) mass is 502 g/mol. The Morgan fingerprint density at radius 1 is 1.06 bits per heavy atom. The molecule has 32 heavy (non-hydrogen) atoms. The first kappa shape index (κ1) is 24.1. The highest BCUT2D eigenvalue weighted by Crippen LogP contribution is 2.40. The average Bonchev–Trinajstić information content (AvgIpc) is 3.12. The van der Waals surface area contributed by atoms with Crippen LogP contribution in [0.5, 0.6) is 17.2 Å². The number of hydrazone groups is 1. The number of phenols is 1. The number of nitrogens with one attached hydrogen (secondary N) is 1. The van der Waals surface area contributed by atoms with Gasteiger partial charge in [0.1, 0.15) is 5.75 Å². The van der Waals surface area contributed by atoms with Crippen LogP contribution < -0.4 is 14.9 Å². The maximum absolute atomic E-state index is 12.4. The largest absolute Gasteiger partial charge is 0.507 e. The quantitative estimate of drug-likeness (QED) is 0.414. The second kappa shape index (κ2) is 9.14. The number of amides is 1. The molecule has 0 radical (unpaired) electrons. The van der Waals surface area contributed by atoms with Crippen LogP contribution in [0.1, 0.15) is 70.2 Å². The lowest BCUT2D eigenvalue weighted by Gasteiger charge is -2.28. The summed E-state index contributed by atoms with van der Waals surface area (Å²) < 4.78 is 11.5. The van der Waals surface area contributed by atoms with Gasteiger partial charge in [0.05, 0.1) is 6.21 Å². The molecular formula is C25H31BrN2O4. The molecular weight excluding hydrogens is 472 g/mol. The minimum Gasteiger partial charge on any atom is -0.507 e. The van der Waals surface area contributed by atoms with Crippen LogP contribution in [0.15, 0.2) is 33.8 Å². The van der Waals surface area contributed by atoms with Crippen molar-refractivity contribution in [3.63, 3.8) is 0 Å². The second-order valence-electron chi connectivity index (χ2n) is 10.1. The van der Waals surface area contributed by atoms with Crippen molar-refractivity contribution in [1.29, 1.82) is 0 Å². The number of halogens is 1. The van der Waals surface area contributed by atoms with Gasteiger partial charge in [-0.25, -0.2) is 5.43 Å². The molecule has 0 aliphatic carbocycles. The first-order valence-electron chi connectivity index (χ1n) is 10.6. The Hall–Kier alpha value is -2.54. The Kier molecular flexibility index (Phi) is 6.89. The van der Waals surface area contributed by atoms with Gasteiger partial charge < -0.3 is 14.6 Å². The van der Waals surface area contributed by atoms with Crippen LogP contribution >= 0.6 is 15.9 Å². The third kappa shape index (κ3) is 5.63. The van der Waals surface area contributed by atoms with Gasteiger partial charge in [0, 0.05) is 16.5 Å². The first-order chi connectivity index (χ1) is 14.9. The summed E-state index contributed by atoms with van der Waals surface area (Å²) >= 11 is 3.47. The van der Waals surface area contributed by atoms with Gasteiger partial charge >= 0.3 is 0 Å². The number of benzene rings is 2. The molecule has 0 fully saturated rings. The Labute approximate surface area is 198 Å². The molecule has 1 aliphatic rings. The minimum absolute atomic E-state index is 0.180. The van der Waals surface area contributed by atoms with Gasteiger partial charge in [0.2, 0.25) is 12.7 Å². The SMILES string of the molecule is CC(C)(C)c1cc(CCC(=O)N/N=C\c2cc3c(cc2Br)OCO3)cc(C(C)(C)C)c1O. The Morgan fingerprint density at radius 3 is 2.19 bits per heavy atom. The normalized spacial score (nSPS) is 13.6. The molecule has 3 rings (SSSR count). The predicted octanol–water partition coefficient (Wildman–Crippen LogP) is 5.56. The molecule has 0 saturated carbocycles. The molecule has 0 aromatic heterocycles. The highest BCUT2D eigenvalue weighted by molar-refractivity contribution is 9.10. The van der Waals surface area contributed by atoms with E-state index < -0.39 is 0 Å². The summed E-state index contributed by atoms with van der Waals surface area (Å²) in [4.78, 5) is 12.4. The number of nitrogens with zero attached hydrogens (tertiary/aromatic N) is 1. The zero-order chi connectivity index (χ0) is 23.7. The van der Waals surface area contributed by atoms with Crippen LogP contribution in [0.2, 0.25) is 0 Å². The number of hydrogen-bond acceptors (Lipinski definition) is 5. The lowest BCUT2D eigenvalue weighted by molar-refractivity contribution is -0.121. The van der Waals surface area contributed by atoms with Crippen molar-refractivity contribution in [3.05, 3.63) is 51.0 Å². The molecule has 2 aromatic rings. The van der Waals surface area contributed by atoms with E-state index in [2.05, 4.69) is 68.0 Å². The number of carbonyl (C=O) groups is 1. The number of carbonyl (C=O) groups excluding carboxylic acids is 1. The molecule has 0 saturated heterocycles. The van der Waals surface area contributed by atoms with E-state index in [0.717, 1.165) is 26.7 Å². The number of phenolic OH excluding ortho intramolecular Hbond substituents is 1. The van der Waals surface area contributed by atoms with Crippen molar-refractivity contribution >= 4 is 28.1 Å². The summed E-state index contributed by atoms with van der Waals surface area (Å²) in [6.45, 7) is 12.7. The van der Waals surface area contributed by atoms with Gasteiger partial charge in [0.25, 0.3) is 0 Å². The average molecular weight is 503 g/mol. The molecule has 1 amide bonds. The highest BCUT2D eigenvalue weighted by atomic mass is 79.9. The summed E-state index contributed by atoms with van der Waals surface area (Å²) in [5.74, 6) is 1.49. The molecule has 1 aliphatic heterocycles.